The number of hydrogen-bond donors (Lipinski definition) is 3. The highest BCUT2D eigenvalue weighted by atomic mass is 31.2. The van der Waals surface area contributed by atoms with E-state index in [0.29, 0.717) is 30.3 Å². The van der Waals surface area contributed by atoms with Crippen molar-refractivity contribution in [3.8, 4) is 0 Å². The largest absolute Gasteiger partial charge is 0.472 e. The van der Waals surface area contributed by atoms with Gasteiger partial charge in [-0.2, -0.15) is 0 Å². The van der Waals surface area contributed by atoms with Gasteiger partial charge in [0.25, 0.3) is 0 Å². The Labute approximate surface area is 365 Å². The van der Waals surface area contributed by atoms with E-state index in [1.165, 1.54) is 135 Å². The maximum Gasteiger partial charge on any atom is 0.472 e. The summed E-state index contributed by atoms with van der Waals surface area (Å²) < 4.78 is 23.6. The summed E-state index contributed by atoms with van der Waals surface area (Å²) in [7, 11) is 1.58. The van der Waals surface area contributed by atoms with Gasteiger partial charge < -0.3 is 19.8 Å². The van der Waals surface area contributed by atoms with E-state index < -0.39 is 20.0 Å². The van der Waals surface area contributed by atoms with Gasteiger partial charge in [0, 0.05) is 6.42 Å². The van der Waals surface area contributed by atoms with Crippen LogP contribution in [0, 0.1) is 0 Å². The fourth-order valence-electron chi connectivity index (χ4n) is 6.92. The molecule has 0 aliphatic heterocycles. The Balaban J connectivity index is 4.41. The SMILES string of the molecule is CCCCCCCCC/C=C/C/C=C/C/C=C/C/C=C/CCCC(=O)N[C@@H](COP(=O)(O)OCC[N+](C)(C)C)[C@H](O)CCCCCCCCCCCCCCCCCC. The summed E-state index contributed by atoms with van der Waals surface area (Å²) >= 11 is 0. The lowest BCUT2D eigenvalue weighted by Crippen LogP contribution is -2.46. The van der Waals surface area contributed by atoms with Gasteiger partial charge in [0.1, 0.15) is 13.2 Å². The van der Waals surface area contributed by atoms with Crippen molar-refractivity contribution in [2.75, 3.05) is 40.9 Å². The second-order valence-corrected chi connectivity index (χ2v) is 19.3. The number of amides is 1. The smallest absolute Gasteiger partial charge is 0.391 e. The molecule has 0 saturated carbocycles. The topological polar surface area (TPSA) is 105 Å². The average molecular weight is 852 g/mol. The zero-order chi connectivity index (χ0) is 43.6. The second-order valence-electron chi connectivity index (χ2n) is 17.8. The van der Waals surface area contributed by atoms with Crippen LogP contribution in [0.5, 0.6) is 0 Å². The summed E-state index contributed by atoms with van der Waals surface area (Å²) in [5.74, 6) is -0.198. The molecule has 0 bridgehead atoms. The van der Waals surface area contributed by atoms with Gasteiger partial charge in [-0.05, 0) is 51.4 Å². The number of nitrogens with one attached hydrogen (secondary N) is 1. The zero-order valence-electron chi connectivity index (χ0n) is 39.2. The molecule has 346 valence electrons. The first-order valence-corrected chi connectivity index (χ1v) is 26.0. The lowest BCUT2D eigenvalue weighted by Gasteiger charge is -2.26. The molecule has 8 nitrogen and oxygen atoms in total. The van der Waals surface area contributed by atoms with Crippen molar-refractivity contribution in [2.45, 2.75) is 225 Å². The molecule has 0 aromatic rings. The minimum absolute atomic E-state index is 0.0632. The number of nitrogens with zero attached hydrogens (tertiary/aromatic N) is 1. The first-order chi connectivity index (χ1) is 28.5. The summed E-state index contributed by atoms with van der Waals surface area (Å²) in [5.41, 5.74) is 0. The van der Waals surface area contributed by atoms with Crippen LogP contribution < -0.4 is 5.32 Å². The Bertz CT molecular complexity index is 1100. The molecule has 1 unspecified atom stereocenters. The predicted molar refractivity (Wildman–Crippen MR) is 254 cm³/mol. The Kier molecular flexibility index (Phi) is 40.7. The lowest BCUT2D eigenvalue weighted by atomic mass is 10.0. The molecule has 0 aromatic carbocycles. The van der Waals surface area contributed by atoms with Gasteiger partial charge in [-0.25, -0.2) is 4.57 Å². The molecule has 0 fully saturated rings. The van der Waals surface area contributed by atoms with Gasteiger partial charge in [-0.15, -0.1) is 0 Å². The molecule has 0 saturated heterocycles. The van der Waals surface area contributed by atoms with Crippen molar-refractivity contribution in [1.29, 1.82) is 0 Å². The Hall–Kier alpha value is -1.54. The summed E-state index contributed by atoms with van der Waals surface area (Å²) in [4.78, 5) is 23.2. The van der Waals surface area contributed by atoms with Gasteiger partial charge in [0.2, 0.25) is 5.91 Å². The van der Waals surface area contributed by atoms with Gasteiger partial charge in [-0.1, -0.05) is 204 Å². The molecule has 9 heteroatoms. The number of carbonyl (C=O) groups is 1. The number of phosphoric acid groups is 1. The van der Waals surface area contributed by atoms with Crippen molar-refractivity contribution >= 4 is 13.7 Å². The van der Waals surface area contributed by atoms with E-state index in [-0.39, 0.29) is 19.1 Å². The molecule has 0 aliphatic carbocycles. The van der Waals surface area contributed by atoms with Crippen LogP contribution in [0.2, 0.25) is 0 Å². The quantitative estimate of drug-likeness (QED) is 0.0244. The van der Waals surface area contributed by atoms with E-state index in [2.05, 4.69) is 67.8 Å². The fraction of sp³-hybridized carbons (Fsp3) is 0.820. The van der Waals surface area contributed by atoms with Crippen LogP contribution in [0.4, 0.5) is 0 Å². The third kappa shape index (κ3) is 44.3. The highest BCUT2D eigenvalue weighted by Gasteiger charge is 2.28. The molecule has 3 atom stereocenters. The highest BCUT2D eigenvalue weighted by molar-refractivity contribution is 7.47. The highest BCUT2D eigenvalue weighted by Crippen LogP contribution is 2.43. The number of carbonyl (C=O) groups excluding carboxylic acids is 1. The molecule has 3 N–H and O–H groups in total. The van der Waals surface area contributed by atoms with Crippen LogP contribution in [-0.4, -0.2) is 73.4 Å². The molecule has 59 heavy (non-hydrogen) atoms. The van der Waals surface area contributed by atoms with Crippen molar-refractivity contribution in [3.05, 3.63) is 48.6 Å². The minimum Gasteiger partial charge on any atom is -0.391 e. The number of aliphatic hydroxyl groups is 1. The van der Waals surface area contributed by atoms with Gasteiger partial charge in [0.05, 0.1) is 39.9 Å². The number of allylic oxidation sites excluding steroid dienone is 8. The zero-order valence-corrected chi connectivity index (χ0v) is 40.1. The second kappa shape index (κ2) is 41.8. The van der Waals surface area contributed by atoms with Crippen LogP contribution >= 0.6 is 7.82 Å². The maximum atomic E-state index is 12.9. The molecule has 0 radical (unpaired) electrons. The molecular formula is C50H96N2O6P+. The van der Waals surface area contributed by atoms with E-state index in [0.717, 1.165) is 44.9 Å². The van der Waals surface area contributed by atoms with Gasteiger partial charge >= 0.3 is 7.82 Å². The predicted octanol–water partition coefficient (Wildman–Crippen LogP) is 14.0. The van der Waals surface area contributed by atoms with E-state index in [1.54, 1.807) is 0 Å². The molecule has 0 aromatic heterocycles. The van der Waals surface area contributed by atoms with E-state index in [9.17, 15) is 19.4 Å². The Morgan fingerprint density at radius 1 is 0.576 bits per heavy atom. The minimum atomic E-state index is -4.33. The molecule has 0 heterocycles. The molecular weight excluding hydrogens is 756 g/mol. The standard InChI is InChI=1S/C50H95N2O6P/c1-6-8-10-12-14-16-18-20-22-24-25-26-27-28-30-32-34-36-38-40-42-44-50(54)51-48(47-58-59(55,56)57-46-45-52(3,4)5)49(53)43-41-39-37-35-33-31-29-23-21-19-17-15-13-11-9-7-2/h22,24,26-27,30,32,36,38,48-49,53H,6-21,23,25,28-29,31,33-35,37,39-47H2,1-5H3,(H-,51,54,55,56)/p+1/b24-22+,27-26+,32-30+,38-36+/t48-,49+/m0/s1. The van der Waals surface area contributed by atoms with E-state index >= 15 is 0 Å². The Morgan fingerprint density at radius 3 is 1.41 bits per heavy atom. The van der Waals surface area contributed by atoms with Crippen LogP contribution in [0.1, 0.15) is 213 Å². The normalized spacial score (nSPS) is 14.6. The fourth-order valence-corrected chi connectivity index (χ4v) is 7.66. The van der Waals surface area contributed by atoms with Crippen LogP contribution in [0.15, 0.2) is 48.6 Å². The number of phosphoric ester groups is 1. The number of hydrogen-bond acceptors (Lipinski definition) is 5. The van der Waals surface area contributed by atoms with E-state index in [4.69, 9.17) is 9.05 Å². The van der Waals surface area contributed by atoms with Gasteiger partial charge in [0.15, 0.2) is 0 Å². The van der Waals surface area contributed by atoms with E-state index in [1.807, 2.05) is 21.1 Å². The number of aliphatic hydroxyl groups excluding tert-OH is 1. The summed E-state index contributed by atoms with van der Waals surface area (Å²) in [6.45, 7) is 4.85. The van der Waals surface area contributed by atoms with Crippen molar-refractivity contribution in [3.63, 3.8) is 0 Å². The number of unbranched alkanes of at least 4 members (excludes halogenated alkanes) is 23. The van der Waals surface area contributed by atoms with Crippen molar-refractivity contribution in [2.24, 2.45) is 0 Å². The third-order valence-corrected chi connectivity index (χ3v) is 11.8. The molecule has 1 amide bonds. The van der Waals surface area contributed by atoms with Gasteiger partial charge in [-0.3, -0.25) is 13.8 Å². The molecule has 0 aliphatic rings. The first-order valence-electron chi connectivity index (χ1n) is 24.5. The van der Waals surface area contributed by atoms with Crippen molar-refractivity contribution < 1.29 is 32.9 Å². The molecule has 0 rings (SSSR count). The maximum absolute atomic E-state index is 12.9. The average Bonchev–Trinajstić information content (AvgIpc) is 3.19. The Morgan fingerprint density at radius 2 is 0.966 bits per heavy atom. The lowest BCUT2D eigenvalue weighted by molar-refractivity contribution is -0.870. The summed E-state index contributed by atoms with van der Waals surface area (Å²) in [5, 5.41) is 14.0. The number of likely N-dealkylation sites (N-methyl/N-ethyl adjacent to an activating group) is 1. The monoisotopic (exact) mass is 852 g/mol. The molecule has 0 spiro atoms. The summed E-state index contributed by atoms with van der Waals surface area (Å²) in [6, 6.07) is -0.790. The number of quaternary nitrogens is 1. The van der Waals surface area contributed by atoms with Crippen LogP contribution in [0.25, 0.3) is 0 Å². The number of rotatable bonds is 44. The third-order valence-electron chi connectivity index (χ3n) is 10.8. The summed E-state index contributed by atoms with van der Waals surface area (Å²) in [6.07, 6.45) is 52.9. The van der Waals surface area contributed by atoms with Crippen molar-refractivity contribution in [1.82, 2.24) is 5.32 Å². The van der Waals surface area contributed by atoms with Crippen LogP contribution in [-0.2, 0) is 18.4 Å². The van der Waals surface area contributed by atoms with Crippen LogP contribution in [0.3, 0.4) is 0 Å². The first kappa shape index (κ1) is 57.5.